The van der Waals surface area contributed by atoms with Crippen LogP contribution in [0.5, 0.6) is 0 Å². The Labute approximate surface area is 159 Å². The Kier molecular flexibility index (Phi) is 4.15. The Balaban J connectivity index is 1.94. The average Bonchev–Trinajstić information content (AvgIpc) is 3.24. The van der Waals surface area contributed by atoms with Crippen molar-refractivity contribution in [2.24, 2.45) is 0 Å². The molecule has 4 aromatic rings. The fourth-order valence-corrected chi connectivity index (χ4v) is 3.06. The number of fused-ring (bicyclic) bond motifs is 1. The summed E-state index contributed by atoms with van der Waals surface area (Å²) in [6.07, 6.45) is 2.99. The van der Waals surface area contributed by atoms with Crippen LogP contribution < -0.4 is 0 Å². The maximum absolute atomic E-state index is 14.4. The molecule has 0 fully saturated rings. The van der Waals surface area contributed by atoms with E-state index >= 15 is 0 Å². The minimum Gasteiger partial charge on any atom is -0.360 e. The maximum Gasteiger partial charge on any atom is 0.275 e. The number of benzene rings is 1. The summed E-state index contributed by atoms with van der Waals surface area (Å²) in [4.78, 5) is 12.0. The van der Waals surface area contributed by atoms with Gasteiger partial charge in [-0.05, 0) is 44.2 Å². The zero-order valence-corrected chi connectivity index (χ0v) is 15.3. The Hall–Kier alpha value is -3.60. The Morgan fingerprint density at radius 2 is 1.86 bits per heavy atom. The molecular formula is C20H16F2N6. The summed E-state index contributed by atoms with van der Waals surface area (Å²) in [5.74, 6) is -0.0775. The van der Waals surface area contributed by atoms with Crippen LogP contribution in [0.3, 0.4) is 0 Å². The predicted octanol–water partition coefficient (Wildman–Crippen LogP) is 4.70. The number of halogens is 2. The van der Waals surface area contributed by atoms with Crippen molar-refractivity contribution in [1.82, 2.24) is 24.1 Å². The third-order valence-corrected chi connectivity index (χ3v) is 4.20. The minimum atomic E-state index is -1.48. The summed E-state index contributed by atoms with van der Waals surface area (Å²) in [5.41, 5.74) is 1.40. The van der Waals surface area contributed by atoms with E-state index < -0.39 is 5.67 Å². The minimum absolute atomic E-state index is 0.0653. The molecule has 6 nitrogen and oxygen atoms in total. The molecule has 0 radical (unpaired) electrons. The molecule has 0 aliphatic heterocycles. The van der Waals surface area contributed by atoms with Gasteiger partial charge in [0.05, 0.1) is 30.5 Å². The van der Waals surface area contributed by atoms with Crippen LogP contribution in [0.2, 0.25) is 0 Å². The van der Waals surface area contributed by atoms with E-state index in [1.807, 2.05) is 0 Å². The van der Waals surface area contributed by atoms with Gasteiger partial charge in [0.25, 0.3) is 5.82 Å². The lowest BCUT2D eigenvalue weighted by Crippen LogP contribution is -2.21. The molecule has 1 aromatic carbocycles. The molecule has 0 N–H and O–H groups in total. The summed E-state index contributed by atoms with van der Waals surface area (Å²) in [6, 6.07) is 9.42. The first kappa shape index (κ1) is 17.8. The lowest BCUT2D eigenvalue weighted by atomic mass is 10.1. The standard InChI is InChI=1S/C20H16F2N6/c1-20(2,22)11-27-12-25-18(13-4-6-14(21)7-5-13)19(27)15-8-9-16-24-10-17(23-3)28(16)26-15/h4-10,12H,11H2,1-2H3. The molecule has 0 amide bonds. The predicted molar refractivity (Wildman–Crippen MR) is 101 cm³/mol. The molecule has 0 saturated heterocycles. The molecule has 3 heterocycles. The van der Waals surface area contributed by atoms with E-state index in [4.69, 9.17) is 6.57 Å². The van der Waals surface area contributed by atoms with E-state index in [0.29, 0.717) is 28.3 Å². The Bertz CT molecular complexity index is 1190. The Morgan fingerprint density at radius 1 is 1.11 bits per heavy atom. The second-order valence-corrected chi connectivity index (χ2v) is 7.01. The molecule has 4 rings (SSSR count). The van der Waals surface area contributed by atoms with Crippen molar-refractivity contribution in [2.45, 2.75) is 26.1 Å². The number of imidazole rings is 2. The monoisotopic (exact) mass is 378 g/mol. The van der Waals surface area contributed by atoms with E-state index in [1.165, 1.54) is 36.7 Å². The van der Waals surface area contributed by atoms with Crippen LogP contribution in [-0.4, -0.2) is 29.8 Å². The highest BCUT2D eigenvalue weighted by atomic mass is 19.1. The van der Waals surface area contributed by atoms with E-state index in [-0.39, 0.29) is 18.2 Å². The highest BCUT2D eigenvalue weighted by Crippen LogP contribution is 2.32. The van der Waals surface area contributed by atoms with Crippen molar-refractivity contribution in [3.8, 4) is 22.6 Å². The first-order chi connectivity index (χ1) is 13.4. The van der Waals surface area contributed by atoms with Crippen LogP contribution in [0, 0.1) is 12.4 Å². The molecule has 0 atom stereocenters. The van der Waals surface area contributed by atoms with Gasteiger partial charge in [0.1, 0.15) is 17.2 Å². The summed E-state index contributed by atoms with van der Waals surface area (Å²) in [6.45, 7) is 10.3. The molecule has 0 saturated carbocycles. The van der Waals surface area contributed by atoms with Gasteiger partial charge in [0, 0.05) is 11.6 Å². The Morgan fingerprint density at radius 3 is 2.54 bits per heavy atom. The molecular weight excluding hydrogens is 362 g/mol. The van der Waals surface area contributed by atoms with Crippen LogP contribution in [0.15, 0.2) is 48.9 Å². The lowest BCUT2D eigenvalue weighted by molar-refractivity contribution is 0.187. The second kappa shape index (κ2) is 6.53. The van der Waals surface area contributed by atoms with Crippen LogP contribution in [-0.2, 0) is 6.54 Å². The van der Waals surface area contributed by atoms with Crippen molar-refractivity contribution in [2.75, 3.05) is 0 Å². The molecule has 140 valence electrons. The number of hydrogen-bond acceptors (Lipinski definition) is 3. The van der Waals surface area contributed by atoms with Gasteiger partial charge in [-0.1, -0.05) is 11.7 Å². The van der Waals surface area contributed by atoms with Crippen LogP contribution in [0.25, 0.3) is 33.1 Å². The highest BCUT2D eigenvalue weighted by Gasteiger charge is 2.23. The number of hydrogen-bond donors (Lipinski definition) is 0. The molecule has 28 heavy (non-hydrogen) atoms. The normalized spacial score (nSPS) is 11.7. The molecule has 0 bridgehead atoms. The first-order valence-corrected chi connectivity index (χ1v) is 8.58. The molecule has 0 aliphatic rings. The van der Waals surface area contributed by atoms with Crippen molar-refractivity contribution in [3.05, 3.63) is 66.2 Å². The summed E-state index contributed by atoms with van der Waals surface area (Å²) < 4.78 is 30.9. The van der Waals surface area contributed by atoms with Gasteiger partial charge >= 0.3 is 0 Å². The third kappa shape index (κ3) is 3.22. The number of rotatable bonds is 4. The molecule has 3 aromatic heterocycles. The number of aromatic nitrogens is 5. The molecule has 0 aliphatic carbocycles. The van der Waals surface area contributed by atoms with Crippen LogP contribution in [0.1, 0.15) is 13.8 Å². The second-order valence-electron chi connectivity index (χ2n) is 7.01. The molecule has 8 heteroatoms. The SMILES string of the molecule is [C-]#[N+]c1cnc2ccc(-c3c(-c4ccc(F)cc4)ncn3CC(C)(C)F)nn12. The number of alkyl halides is 1. The van der Waals surface area contributed by atoms with Gasteiger partial charge in [0.15, 0.2) is 0 Å². The van der Waals surface area contributed by atoms with Gasteiger partial charge in [-0.15, -0.1) is 4.52 Å². The van der Waals surface area contributed by atoms with Crippen LogP contribution >= 0.6 is 0 Å². The topological polar surface area (TPSA) is 52.4 Å². The summed E-state index contributed by atoms with van der Waals surface area (Å²) in [5, 5.41) is 4.53. The van der Waals surface area contributed by atoms with E-state index in [0.717, 1.165) is 0 Å². The summed E-state index contributed by atoms with van der Waals surface area (Å²) in [7, 11) is 0. The van der Waals surface area contributed by atoms with Gasteiger partial charge in [-0.2, -0.15) is 0 Å². The van der Waals surface area contributed by atoms with Crippen molar-refractivity contribution in [1.29, 1.82) is 0 Å². The fraction of sp³-hybridized carbons (Fsp3) is 0.200. The fourth-order valence-electron chi connectivity index (χ4n) is 3.06. The van der Waals surface area contributed by atoms with Crippen molar-refractivity contribution < 1.29 is 8.78 Å². The maximum atomic E-state index is 14.4. The zero-order chi connectivity index (χ0) is 19.9. The van der Waals surface area contributed by atoms with E-state index in [9.17, 15) is 8.78 Å². The molecule has 0 unspecified atom stereocenters. The van der Waals surface area contributed by atoms with Gasteiger partial charge < -0.3 is 9.41 Å². The van der Waals surface area contributed by atoms with E-state index in [2.05, 4.69) is 19.9 Å². The average molecular weight is 378 g/mol. The van der Waals surface area contributed by atoms with Gasteiger partial charge in [-0.3, -0.25) is 0 Å². The quantitative estimate of drug-likeness (QED) is 0.484. The highest BCUT2D eigenvalue weighted by molar-refractivity contribution is 5.77. The van der Waals surface area contributed by atoms with Crippen molar-refractivity contribution >= 4 is 11.5 Å². The third-order valence-electron chi connectivity index (χ3n) is 4.20. The van der Waals surface area contributed by atoms with Crippen molar-refractivity contribution in [3.63, 3.8) is 0 Å². The molecule has 0 spiro atoms. The smallest absolute Gasteiger partial charge is 0.275 e. The number of nitrogens with zero attached hydrogens (tertiary/aromatic N) is 6. The van der Waals surface area contributed by atoms with Gasteiger partial charge in [-0.25, -0.2) is 18.7 Å². The van der Waals surface area contributed by atoms with E-state index in [1.54, 1.807) is 35.2 Å². The summed E-state index contributed by atoms with van der Waals surface area (Å²) >= 11 is 0. The lowest BCUT2D eigenvalue weighted by Gasteiger charge is -2.17. The van der Waals surface area contributed by atoms with Crippen LogP contribution in [0.4, 0.5) is 14.6 Å². The largest absolute Gasteiger partial charge is 0.360 e. The first-order valence-electron chi connectivity index (χ1n) is 8.58. The zero-order valence-electron chi connectivity index (χ0n) is 15.3. The van der Waals surface area contributed by atoms with Gasteiger partial charge in [0.2, 0.25) is 5.65 Å².